The van der Waals surface area contributed by atoms with Crippen LogP contribution in [-0.4, -0.2) is 22.9 Å². The fourth-order valence-corrected chi connectivity index (χ4v) is 2.23. The molecule has 0 saturated carbocycles. The maximum Gasteiger partial charge on any atom is 0.327 e. The molecule has 2 aromatic rings. The number of esters is 1. The number of benzene rings is 1. The van der Waals surface area contributed by atoms with Crippen LogP contribution in [0.3, 0.4) is 0 Å². The van der Waals surface area contributed by atoms with Crippen LogP contribution in [0.1, 0.15) is 30.6 Å². The van der Waals surface area contributed by atoms with E-state index in [1.807, 2.05) is 41.1 Å². The summed E-state index contributed by atoms with van der Waals surface area (Å²) in [5.74, 6) is -0.289. The van der Waals surface area contributed by atoms with Gasteiger partial charge in [0.1, 0.15) is 6.04 Å². The number of methoxy groups -OCH3 is 1. The van der Waals surface area contributed by atoms with E-state index in [1.165, 1.54) is 7.11 Å². The zero-order valence-electron chi connectivity index (χ0n) is 12.5. The van der Waals surface area contributed by atoms with E-state index in [0.29, 0.717) is 6.54 Å². The molecule has 0 amide bonds. The van der Waals surface area contributed by atoms with Gasteiger partial charge in [-0.05, 0) is 18.1 Å². The van der Waals surface area contributed by atoms with E-state index in [9.17, 15) is 4.79 Å². The lowest BCUT2D eigenvalue weighted by molar-refractivity contribution is -0.143. The third-order valence-electron chi connectivity index (χ3n) is 3.30. The Hall–Kier alpha value is -2.14. The number of rotatable bonds is 7. The maximum absolute atomic E-state index is 12.0. The number of carbonyl (C=O) groups excluding carboxylic acids is 1. The largest absolute Gasteiger partial charge is 0.468 e. The van der Waals surface area contributed by atoms with Gasteiger partial charge >= 0.3 is 5.97 Å². The van der Waals surface area contributed by atoms with Crippen molar-refractivity contribution in [1.29, 1.82) is 0 Å². The summed E-state index contributed by atoms with van der Waals surface area (Å²) >= 11 is 0. The molecule has 1 unspecified atom stereocenters. The maximum atomic E-state index is 12.0. The molecule has 0 aliphatic carbocycles. The van der Waals surface area contributed by atoms with Crippen LogP contribution in [0.5, 0.6) is 0 Å². The molecule has 0 fully saturated rings. The molecule has 2 rings (SSSR count). The Kier molecular flexibility index (Phi) is 5.51. The molecule has 112 valence electrons. The molecule has 1 heterocycles. The van der Waals surface area contributed by atoms with E-state index in [-0.39, 0.29) is 5.97 Å². The van der Waals surface area contributed by atoms with Gasteiger partial charge in [0.2, 0.25) is 0 Å². The first-order valence-electron chi connectivity index (χ1n) is 7.13. The number of hydrogen-bond acceptors (Lipinski definition) is 4. The molecule has 5 nitrogen and oxygen atoms in total. The number of aryl methyl sites for hydroxylation is 1. The first-order chi connectivity index (χ1) is 10.3. The van der Waals surface area contributed by atoms with Crippen LogP contribution in [0.25, 0.3) is 0 Å². The van der Waals surface area contributed by atoms with Gasteiger partial charge < -0.3 is 4.74 Å². The summed E-state index contributed by atoms with van der Waals surface area (Å²) in [6.07, 6.45) is 2.80. The Bertz CT molecular complexity index is 566. The second kappa shape index (κ2) is 7.59. The molecule has 0 aliphatic rings. The van der Waals surface area contributed by atoms with Crippen molar-refractivity contribution in [3.05, 3.63) is 53.9 Å². The quantitative estimate of drug-likeness (QED) is 0.794. The van der Waals surface area contributed by atoms with Crippen LogP contribution in [0, 0.1) is 0 Å². The molecule has 0 aliphatic heterocycles. The van der Waals surface area contributed by atoms with Gasteiger partial charge in [-0.3, -0.25) is 10.00 Å². The molecule has 21 heavy (non-hydrogen) atoms. The van der Waals surface area contributed by atoms with Crippen molar-refractivity contribution in [2.24, 2.45) is 0 Å². The number of nitrogens with zero attached hydrogens (tertiary/aromatic N) is 2. The molecule has 1 aromatic heterocycles. The van der Waals surface area contributed by atoms with Crippen molar-refractivity contribution in [3.8, 4) is 0 Å². The van der Waals surface area contributed by atoms with E-state index < -0.39 is 6.04 Å². The van der Waals surface area contributed by atoms with Crippen LogP contribution < -0.4 is 5.32 Å². The molecule has 0 radical (unpaired) electrons. The second-order valence-corrected chi connectivity index (χ2v) is 4.79. The first-order valence-corrected chi connectivity index (χ1v) is 7.13. The number of ether oxygens (including phenoxy) is 1. The van der Waals surface area contributed by atoms with E-state index in [0.717, 1.165) is 24.2 Å². The highest BCUT2D eigenvalue weighted by Crippen LogP contribution is 2.15. The van der Waals surface area contributed by atoms with Gasteiger partial charge in [0.05, 0.1) is 12.8 Å². The molecular weight excluding hydrogens is 266 g/mol. The van der Waals surface area contributed by atoms with Gasteiger partial charge in [0.15, 0.2) is 0 Å². The topological polar surface area (TPSA) is 56.2 Å². The molecule has 1 N–H and O–H groups in total. The number of aromatic nitrogens is 2. The fourth-order valence-electron chi connectivity index (χ4n) is 2.23. The third-order valence-corrected chi connectivity index (χ3v) is 3.30. The summed E-state index contributed by atoms with van der Waals surface area (Å²) in [5.41, 5.74) is 1.95. The van der Waals surface area contributed by atoms with Gasteiger partial charge in [-0.2, -0.15) is 5.10 Å². The number of carbonyl (C=O) groups is 1. The summed E-state index contributed by atoms with van der Waals surface area (Å²) in [7, 11) is 1.40. The van der Waals surface area contributed by atoms with E-state index in [4.69, 9.17) is 4.74 Å². The van der Waals surface area contributed by atoms with Crippen molar-refractivity contribution >= 4 is 5.97 Å². The van der Waals surface area contributed by atoms with Gasteiger partial charge in [-0.15, -0.1) is 0 Å². The number of hydrogen-bond donors (Lipinski definition) is 1. The molecule has 5 heteroatoms. The van der Waals surface area contributed by atoms with Crippen LogP contribution in [0.2, 0.25) is 0 Å². The lowest BCUT2D eigenvalue weighted by atomic mass is 10.1. The Morgan fingerprint density at radius 1 is 1.33 bits per heavy atom. The smallest absolute Gasteiger partial charge is 0.327 e. The highest BCUT2D eigenvalue weighted by Gasteiger charge is 2.20. The minimum Gasteiger partial charge on any atom is -0.468 e. The van der Waals surface area contributed by atoms with Crippen molar-refractivity contribution in [3.63, 3.8) is 0 Å². The first kappa shape index (κ1) is 15.3. The van der Waals surface area contributed by atoms with Crippen molar-refractivity contribution < 1.29 is 9.53 Å². The zero-order chi connectivity index (χ0) is 15.1. The summed E-state index contributed by atoms with van der Waals surface area (Å²) in [4.78, 5) is 12.0. The van der Waals surface area contributed by atoms with Crippen LogP contribution in [-0.2, 0) is 22.6 Å². The van der Waals surface area contributed by atoms with Crippen LogP contribution in [0.4, 0.5) is 0 Å². The second-order valence-electron chi connectivity index (χ2n) is 4.79. The Balaban J connectivity index is 2.09. The third kappa shape index (κ3) is 3.92. The molecule has 1 aromatic carbocycles. The fraction of sp³-hybridized carbons (Fsp3) is 0.375. The average molecular weight is 287 g/mol. The lowest BCUT2D eigenvalue weighted by Gasteiger charge is -2.17. The highest BCUT2D eigenvalue weighted by molar-refractivity contribution is 5.77. The standard InChI is InChI=1S/C16H21N3O2/c1-3-11-19-14(9-10-18-19)12-17-15(16(20)21-2)13-7-5-4-6-8-13/h4-10,15,17H,3,11-12H2,1-2H3. The van der Waals surface area contributed by atoms with Gasteiger partial charge in [-0.25, -0.2) is 4.79 Å². The van der Waals surface area contributed by atoms with Crippen molar-refractivity contribution in [1.82, 2.24) is 15.1 Å². The zero-order valence-corrected chi connectivity index (χ0v) is 12.5. The summed E-state index contributed by atoms with van der Waals surface area (Å²) in [6.45, 7) is 3.55. The normalized spacial score (nSPS) is 12.1. The molecule has 0 spiro atoms. The molecule has 0 bridgehead atoms. The molecule has 1 atom stereocenters. The van der Waals surface area contributed by atoms with E-state index in [1.54, 1.807) is 6.20 Å². The lowest BCUT2D eigenvalue weighted by Crippen LogP contribution is -2.30. The Morgan fingerprint density at radius 2 is 2.10 bits per heavy atom. The predicted molar refractivity (Wildman–Crippen MR) is 80.6 cm³/mol. The van der Waals surface area contributed by atoms with Gasteiger partial charge in [0, 0.05) is 19.3 Å². The molecular formula is C16H21N3O2. The molecule has 0 saturated heterocycles. The minimum atomic E-state index is -0.471. The Morgan fingerprint density at radius 3 is 2.76 bits per heavy atom. The van der Waals surface area contributed by atoms with Gasteiger partial charge in [-0.1, -0.05) is 37.3 Å². The number of nitrogens with one attached hydrogen (secondary N) is 1. The van der Waals surface area contributed by atoms with E-state index >= 15 is 0 Å². The highest BCUT2D eigenvalue weighted by atomic mass is 16.5. The monoisotopic (exact) mass is 287 g/mol. The van der Waals surface area contributed by atoms with Crippen molar-refractivity contribution in [2.45, 2.75) is 32.5 Å². The van der Waals surface area contributed by atoms with Gasteiger partial charge in [0.25, 0.3) is 0 Å². The summed E-state index contributed by atoms with van der Waals surface area (Å²) in [6, 6.07) is 11.1. The van der Waals surface area contributed by atoms with E-state index in [2.05, 4.69) is 17.3 Å². The van der Waals surface area contributed by atoms with Crippen LogP contribution in [0.15, 0.2) is 42.6 Å². The average Bonchev–Trinajstić information content (AvgIpc) is 2.96. The van der Waals surface area contributed by atoms with Crippen molar-refractivity contribution in [2.75, 3.05) is 7.11 Å². The summed E-state index contributed by atoms with van der Waals surface area (Å²) in [5, 5.41) is 7.53. The summed E-state index contributed by atoms with van der Waals surface area (Å²) < 4.78 is 6.84. The SMILES string of the molecule is CCCn1nccc1CNC(C(=O)OC)c1ccccc1. The predicted octanol–water partition coefficient (Wildman–Crippen LogP) is 2.30. The van der Waals surface area contributed by atoms with Crippen LogP contribution >= 0.6 is 0 Å². The minimum absolute atomic E-state index is 0.289. The Labute approximate surface area is 124 Å².